The molecule has 2 unspecified atom stereocenters. The number of halogens is 3. The number of carbonyl (C=O) groups excluding carboxylic acids is 1. The molecule has 1 aromatic heterocycles. The summed E-state index contributed by atoms with van der Waals surface area (Å²) < 4.78 is 60.0. The van der Waals surface area contributed by atoms with Crippen LogP contribution in [0.15, 0.2) is 48.5 Å². The molecule has 3 aromatic rings. The van der Waals surface area contributed by atoms with Crippen LogP contribution in [0.4, 0.5) is 23.7 Å². The van der Waals surface area contributed by atoms with Crippen molar-refractivity contribution in [3.63, 3.8) is 0 Å². The molecule has 1 aliphatic rings. The third kappa shape index (κ3) is 6.98. The zero-order valence-corrected chi connectivity index (χ0v) is 23.4. The van der Waals surface area contributed by atoms with Gasteiger partial charge < -0.3 is 24.2 Å². The molecule has 1 N–H and O–H groups in total. The van der Waals surface area contributed by atoms with Crippen LogP contribution in [0.5, 0.6) is 5.88 Å². The monoisotopic (exact) mass is 528 g/mol. The molecule has 2 aromatic carbocycles. The summed E-state index contributed by atoms with van der Waals surface area (Å²) in [6.07, 6.45) is -6.46. The quantitative estimate of drug-likeness (QED) is 0.271. The van der Waals surface area contributed by atoms with Crippen molar-refractivity contribution >= 4 is 30.4 Å². The molecule has 1 saturated heterocycles. The molecule has 15 heteroatoms. The van der Waals surface area contributed by atoms with Gasteiger partial charge in [-0.1, -0.05) is 24.3 Å². The van der Waals surface area contributed by atoms with Crippen molar-refractivity contribution in [2.75, 3.05) is 18.1 Å². The van der Waals surface area contributed by atoms with E-state index in [1.54, 1.807) is 0 Å². The summed E-state index contributed by atoms with van der Waals surface area (Å²) in [4.78, 5) is 36.4. The SMILES string of the molecule is O=C1OC(COP(=O)([O-])O)CN1c1ccc2cc(-c3ccccc3C(F)(F)F)nc([O-])c2c1.[Na+].[Na+]. The summed E-state index contributed by atoms with van der Waals surface area (Å²) in [5, 5.41) is 13.0. The summed E-state index contributed by atoms with van der Waals surface area (Å²) in [6.45, 7) is -0.716. The summed E-state index contributed by atoms with van der Waals surface area (Å²) >= 11 is 0. The fourth-order valence-electron chi connectivity index (χ4n) is 3.46. The Bertz CT molecular complexity index is 1290. The number of pyridine rings is 1. The van der Waals surface area contributed by atoms with Crippen LogP contribution >= 0.6 is 7.82 Å². The predicted molar refractivity (Wildman–Crippen MR) is 105 cm³/mol. The number of hydrogen-bond donors (Lipinski definition) is 1. The summed E-state index contributed by atoms with van der Waals surface area (Å²) in [7, 11) is -4.99. The van der Waals surface area contributed by atoms with Crippen molar-refractivity contribution in [2.45, 2.75) is 12.3 Å². The molecule has 0 saturated carbocycles. The summed E-state index contributed by atoms with van der Waals surface area (Å²) in [5.41, 5.74) is -1.08. The van der Waals surface area contributed by atoms with E-state index in [4.69, 9.17) is 9.63 Å². The molecule has 2 heterocycles. The van der Waals surface area contributed by atoms with E-state index in [0.29, 0.717) is 5.39 Å². The number of cyclic esters (lactones) is 1. The second-order valence-electron chi connectivity index (χ2n) is 7.14. The standard InChI is InChI=1S/C20H16F3N2O7P.2Na/c21-20(22,23)16-4-2-1-3-14(16)17-7-11-5-6-12(8-15(11)18(26)24-17)25-9-13(32-19(25)27)10-31-33(28,29)30;;/h1-8,13H,9-10H2,(H,24,26)(H2,28,29,30);;/q;2*+1/p-2. The molecule has 1 fully saturated rings. The number of phosphoric acid groups is 1. The van der Waals surface area contributed by atoms with Gasteiger partial charge >= 0.3 is 71.4 Å². The molecular formula is C20H14F3N2Na2O7P. The summed E-state index contributed by atoms with van der Waals surface area (Å²) in [5.74, 6) is -0.790. The number of aromatic nitrogens is 1. The second kappa shape index (κ2) is 11.5. The Morgan fingerprint density at radius 1 is 1.20 bits per heavy atom. The van der Waals surface area contributed by atoms with Gasteiger partial charge in [0.25, 0.3) is 7.82 Å². The zero-order valence-electron chi connectivity index (χ0n) is 18.5. The molecule has 0 spiro atoms. The van der Waals surface area contributed by atoms with Crippen LogP contribution in [0.25, 0.3) is 22.0 Å². The minimum atomic E-state index is -4.99. The zero-order chi connectivity index (χ0) is 24.0. The first kappa shape index (κ1) is 30.0. The number of anilines is 1. The molecule has 4 rings (SSSR count). The molecule has 35 heavy (non-hydrogen) atoms. The van der Waals surface area contributed by atoms with E-state index in [1.165, 1.54) is 42.5 Å². The number of hydrogen-bond acceptors (Lipinski definition) is 7. The maximum absolute atomic E-state index is 13.4. The number of rotatable bonds is 5. The average molecular weight is 528 g/mol. The van der Waals surface area contributed by atoms with Gasteiger partial charge in [-0.25, -0.2) is 4.79 Å². The van der Waals surface area contributed by atoms with E-state index in [1.807, 2.05) is 0 Å². The smallest absolute Gasteiger partial charge is 0.858 e. The molecule has 174 valence electrons. The number of alkyl halides is 3. The van der Waals surface area contributed by atoms with Crippen molar-refractivity contribution < 1.29 is 106 Å². The van der Waals surface area contributed by atoms with Gasteiger partial charge in [0.05, 0.1) is 24.4 Å². The topological polar surface area (TPSA) is 135 Å². The van der Waals surface area contributed by atoms with Gasteiger partial charge in [0.15, 0.2) is 0 Å². The van der Waals surface area contributed by atoms with Gasteiger partial charge in [-0.15, -0.1) is 0 Å². The van der Waals surface area contributed by atoms with Gasteiger partial charge in [-0.05, 0) is 40.9 Å². The number of nitrogens with zero attached hydrogens (tertiary/aromatic N) is 2. The van der Waals surface area contributed by atoms with Crippen LogP contribution in [-0.2, 0) is 20.0 Å². The first-order chi connectivity index (χ1) is 15.4. The van der Waals surface area contributed by atoms with E-state index in [2.05, 4.69) is 9.51 Å². The van der Waals surface area contributed by atoms with Crippen LogP contribution < -0.4 is 74.0 Å². The minimum absolute atomic E-state index is 0. The van der Waals surface area contributed by atoms with Crippen molar-refractivity contribution in [2.24, 2.45) is 0 Å². The molecular weight excluding hydrogens is 514 g/mol. The average Bonchev–Trinajstić information content (AvgIpc) is 3.11. The minimum Gasteiger partial charge on any atom is -0.858 e. The number of ether oxygens (including phenoxy) is 1. The van der Waals surface area contributed by atoms with Crippen molar-refractivity contribution in [1.82, 2.24) is 4.98 Å². The fraction of sp³-hybridized carbons (Fsp3) is 0.200. The fourth-order valence-corrected chi connectivity index (χ4v) is 3.82. The normalized spacial score (nSPS) is 17.3. The summed E-state index contributed by atoms with van der Waals surface area (Å²) in [6, 6.07) is 10.3. The number of phosphoric ester groups is 1. The Labute approximate surface area is 241 Å². The van der Waals surface area contributed by atoms with Gasteiger partial charge in [-0.3, -0.25) is 14.4 Å². The second-order valence-corrected chi connectivity index (χ2v) is 8.34. The third-order valence-corrected chi connectivity index (χ3v) is 5.37. The van der Waals surface area contributed by atoms with Crippen LogP contribution in [0.3, 0.4) is 0 Å². The van der Waals surface area contributed by atoms with Crippen molar-refractivity contribution in [1.29, 1.82) is 0 Å². The van der Waals surface area contributed by atoms with Crippen LogP contribution in [0.1, 0.15) is 5.56 Å². The molecule has 0 aliphatic carbocycles. The number of amides is 1. The molecule has 9 nitrogen and oxygen atoms in total. The van der Waals surface area contributed by atoms with Gasteiger partial charge in [0.2, 0.25) is 0 Å². The van der Waals surface area contributed by atoms with Gasteiger partial charge in [-0.2, -0.15) is 13.2 Å². The third-order valence-electron chi connectivity index (χ3n) is 4.90. The molecule has 1 aliphatic heterocycles. The van der Waals surface area contributed by atoms with Crippen LogP contribution in [0.2, 0.25) is 0 Å². The molecule has 0 radical (unpaired) electrons. The molecule has 0 bridgehead atoms. The van der Waals surface area contributed by atoms with Crippen LogP contribution in [-0.4, -0.2) is 35.2 Å². The first-order valence-electron chi connectivity index (χ1n) is 9.37. The van der Waals surface area contributed by atoms with E-state index < -0.39 is 44.2 Å². The Morgan fingerprint density at radius 2 is 1.89 bits per heavy atom. The first-order valence-corrected chi connectivity index (χ1v) is 10.9. The van der Waals surface area contributed by atoms with Crippen molar-refractivity contribution in [3.05, 3.63) is 54.1 Å². The van der Waals surface area contributed by atoms with Gasteiger partial charge in [0.1, 0.15) is 6.10 Å². The number of carbonyl (C=O) groups is 1. The van der Waals surface area contributed by atoms with E-state index in [-0.39, 0.29) is 88.0 Å². The Hall–Kier alpha value is -1.18. The predicted octanol–water partition coefficient (Wildman–Crippen LogP) is -3.20. The molecule has 2 atom stereocenters. The number of benzene rings is 2. The van der Waals surface area contributed by atoms with Crippen LogP contribution in [0, 0.1) is 0 Å². The van der Waals surface area contributed by atoms with E-state index in [0.717, 1.165) is 11.0 Å². The molecule has 1 amide bonds. The Balaban J connectivity index is 0.00000216. The van der Waals surface area contributed by atoms with E-state index in [9.17, 15) is 32.5 Å². The Morgan fingerprint density at radius 3 is 2.54 bits per heavy atom. The Kier molecular flexibility index (Phi) is 9.85. The maximum Gasteiger partial charge on any atom is 1.00 e. The van der Waals surface area contributed by atoms with E-state index >= 15 is 0 Å². The number of fused-ring (bicyclic) bond motifs is 1. The maximum atomic E-state index is 13.4. The van der Waals surface area contributed by atoms with Gasteiger partial charge in [0, 0.05) is 11.3 Å². The largest absolute Gasteiger partial charge is 1.00 e. The van der Waals surface area contributed by atoms with Crippen molar-refractivity contribution in [3.8, 4) is 17.1 Å².